The first kappa shape index (κ1) is 20.0. The first-order valence-electron chi connectivity index (χ1n) is 9.31. The molecule has 1 aromatic heterocycles. The molecule has 7 heteroatoms. The fourth-order valence-corrected chi connectivity index (χ4v) is 3.57. The standard InChI is InChI=1S/C21H22ClN3O3/c22-18-8-6-16(7-9-18)20(26)24-11-1-4-17(14-24)21(27)25(12-3-10-23)15-19-5-2-13-28-19/h2,5-9,13,17H,1,3-4,11-12,14-15H2. The van der Waals surface area contributed by atoms with Gasteiger partial charge < -0.3 is 14.2 Å². The van der Waals surface area contributed by atoms with Crippen LogP contribution in [0.1, 0.15) is 35.4 Å². The van der Waals surface area contributed by atoms with Crippen molar-refractivity contribution in [3.05, 3.63) is 59.0 Å². The summed E-state index contributed by atoms with van der Waals surface area (Å²) in [5.41, 5.74) is 0.564. The summed E-state index contributed by atoms with van der Waals surface area (Å²) in [6.07, 6.45) is 3.31. The topological polar surface area (TPSA) is 77.6 Å². The summed E-state index contributed by atoms with van der Waals surface area (Å²) in [5.74, 6) is 0.263. The summed E-state index contributed by atoms with van der Waals surface area (Å²) < 4.78 is 5.36. The third kappa shape index (κ3) is 4.93. The lowest BCUT2D eigenvalue weighted by Gasteiger charge is -2.34. The number of carbonyl (C=O) groups excluding carboxylic acids is 2. The zero-order valence-corrected chi connectivity index (χ0v) is 16.3. The van der Waals surface area contributed by atoms with Gasteiger partial charge in [0.15, 0.2) is 0 Å². The molecular formula is C21H22ClN3O3. The van der Waals surface area contributed by atoms with Gasteiger partial charge in [-0.1, -0.05) is 11.6 Å². The van der Waals surface area contributed by atoms with Gasteiger partial charge in [0.2, 0.25) is 5.91 Å². The van der Waals surface area contributed by atoms with E-state index < -0.39 is 0 Å². The van der Waals surface area contributed by atoms with E-state index in [2.05, 4.69) is 6.07 Å². The molecule has 28 heavy (non-hydrogen) atoms. The van der Waals surface area contributed by atoms with Crippen LogP contribution in [0, 0.1) is 17.2 Å². The highest BCUT2D eigenvalue weighted by Crippen LogP contribution is 2.22. The number of hydrogen-bond acceptors (Lipinski definition) is 4. The van der Waals surface area contributed by atoms with Gasteiger partial charge in [-0.05, 0) is 49.2 Å². The Morgan fingerprint density at radius 2 is 2.07 bits per heavy atom. The minimum Gasteiger partial charge on any atom is -0.467 e. The highest BCUT2D eigenvalue weighted by molar-refractivity contribution is 6.30. The van der Waals surface area contributed by atoms with Crippen LogP contribution in [-0.2, 0) is 11.3 Å². The quantitative estimate of drug-likeness (QED) is 0.741. The maximum Gasteiger partial charge on any atom is 0.253 e. The summed E-state index contributed by atoms with van der Waals surface area (Å²) in [5, 5.41) is 9.50. The maximum atomic E-state index is 13.1. The number of benzene rings is 1. The number of nitrogens with zero attached hydrogens (tertiary/aromatic N) is 3. The van der Waals surface area contributed by atoms with Crippen molar-refractivity contribution in [2.45, 2.75) is 25.8 Å². The average molecular weight is 400 g/mol. The van der Waals surface area contributed by atoms with E-state index in [1.165, 1.54) is 0 Å². The normalized spacial score (nSPS) is 16.4. The number of likely N-dealkylation sites (tertiary alicyclic amines) is 1. The predicted octanol–water partition coefficient (Wildman–Crippen LogP) is 3.73. The fourth-order valence-electron chi connectivity index (χ4n) is 3.44. The van der Waals surface area contributed by atoms with E-state index in [-0.39, 0.29) is 24.2 Å². The lowest BCUT2D eigenvalue weighted by Crippen LogP contribution is -2.46. The molecule has 1 saturated heterocycles. The van der Waals surface area contributed by atoms with Crippen molar-refractivity contribution in [3.8, 4) is 6.07 Å². The number of carbonyl (C=O) groups is 2. The molecule has 1 aromatic carbocycles. The molecule has 1 aliphatic rings. The second kappa shape index (κ2) is 9.43. The average Bonchev–Trinajstić information content (AvgIpc) is 3.24. The third-order valence-corrected chi connectivity index (χ3v) is 5.13. The Kier molecular flexibility index (Phi) is 6.72. The van der Waals surface area contributed by atoms with Gasteiger partial charge in [0, 0.05) is 30.2 Å². The molecule has 1 unspecified atom stereocenters. The molecule has 0 aliphatic carbocycles. The van der Waals surface area contributed by atoms with Gasteiger partial charge in [0.25, 0.3) is 5.91 Å². The van der Waals surface area contributed by atoms with Crippen LogP contribution in [0.2, 0.25) is 5.02 Å². The Hall–Kier alpha value is -2.78. The van der Waals surface area contributed by atoms with E-state index >= 15 is 0 Å². The minimum atomic E-state index is -0.279. The van der Waals surface area contributed by atoms with Crippen LogP contribution in [0.4, 0.5) is 0 Å². The van der Waals surface area contributed by atoms with Gasteiger partial charge in [-0.15, -0.1) is 0 Å². The Bertz CT molecular complexity index is 843. The van der Waals surface area contributed by atoms with Gasteiger partial charge in [0.05, 0.1) is 31.2 Å². The summed E-state index contributed by atoms with van der Waals surface area (Å²) in [6.45, 7) is 1.68. The molecule has 1 fully saturated rings. The number of amides is 2. The zero-order chi connectivity index (χ0) is 19.9. The van der Waals surface area contributed by atoms with Crippen molar-refractivity contribution >= 4 is 23.4 Å². The van der Waals surface area contributed by atoms with E-state index in [4.69, 9.17) is 21.3 Å². The molecule has 0 saturated carbocycles. The first-order chi connectivity index (χ1) is 13.6. The Morgan fingerprint density at radius 3 is 2.75 bits per heavy atom. The number of furan rings is 1. The van der Waals surface area contributed by atoms with Crippen LogP contribution >= 0.6 is 11.6 Å². The van der Waals surface area contributed by atoms with Gasteiger partial charge >= 0.3 is 0 Å². The zero-order valence-electron chi connectivity index (χ0n) is 15.5. The molecule has 0 radical (unpaired) electrons. The Balaban J connectivity index is 1.68. The monoisotopic (exact) mass is 399 g/mol. The van der Waals surface area contributed by atoms with Gasteiger partial charge in [0.1, 0.15) is 5.76 Å². The van der Waals surface area contributed by atoms with E-state index in [1.807, 2.05) is 6.07 Å². The van der Waals surface area contributed by atoms with E-state index in [0.717, 1.165) is 12.8 Å². The molecule has 1 aliphatic heterocycles. The molecular weight excluding hydrogens is 378 g/mol. The SMILES string of the molecule is N#CCCN(Cc1ccco1)C(=O)C1CCCN(C(=O)c2ccc(Cl)cc2)C1. The number of piperidine rings is 1. The van der Waals surface area contributed by atoms with Crippen molar-refractivity contribution in [1.82, 2.24) is 9.80 Å². The van der Waals surface area contributed by atoms with E-state index in [0.29, 0.717) is 42.5 Å². The van der Waals surface area contributed by atoms with E-state index in [1.54, 1.807) is 46.4 Å². The molecule has 6 nitrogen and oxygen atoms in total. The van der Waals surface area contributed by atoms with Crippen LogP contribution in [0.3, 0.4) is 0 Å². The summed E-state index contributed by atoms with van der Waals surface area (Å²) in [7, 11) is 0. The van der Waals surface area contributed by atoms with Crippen molar-refractivity contribution < 1.29 is 14.0 Å². The smallest absolute Gasteiger partial charge is 0.253 e. The van der Waals surface area contributed by atoms with Crippen LogP contribution in [0.15, 0.2) is 47.1 Å². The minimum absolute atomic E-state index is 0.0414. The molecule has 0 spiro atoms. The van der Waals surface area contributed by atoms with Crippen molar-refractivity contribution in [1.29, 1.82) is 5.26 Å². The molecule has 146 valence electrons. The molecule has 0 N–H and O–H groups in total. The third-order valence-electron chi connectivity index (χ3n) is 4.88. The Labute approximate surface area is 169 Å². The van der Waals surface area contributed by atoms with Gasteiger partial charge in [-0.2, -0.15) is 5.26 Å². The van der Waals surface area contributed by atoms with Crippen LogP contribution in [0.25, 0.3) is 0 Å². The molecule has 3 rings (SSSR count). The van der Waals surface area contributed by atoms with Gasteiger partial charge in [-0.25, -0.2) is 0 Å². The predicted molar refractivity (Wildman–Crippen MR) is 104 cm³/mol. The van der Waals surface area contributed by atoms with Gasteiger partial charge in [-0.3, -0.25) is 9.59 Å². The lowest BCUT2D eigenvalue weighted by atomic mass is 9.95. The molecule has 1 atom stereocenters. The highest BCUT2D eigenvalue weighted by Gasteiger charge is 2.31. The molecule has 2 aromatic rings. The van der Waals surface area contributed by atoms with E-state index in [9.17, 15) is 9.59 Å². The first-order valence-corrected chi connectivity index (χ1v) is 9.69. The molecule has 2 amide bonds. The summed E-state index contributed by atoms with van der Waals surface area (Å²) >= 11 is 5.90. The number of halogens is 1. The summed E-state index contributed by atoms with van der Waals surface area (Å²) in [6, 6.07) is 12.5. The number of hydrogen-bond donors (Lipinski definition) is 0. The lowest BCUT2D eigenvalue weighted by molar-refractivity contribution is -0.137. The molecule has 0 bridgehead atoms. The largest absolute Gasteiger partial charge is 0.467 e. The summed E-state index contributed by atoms with van der Waals surface area (Å²) in [4.78, 5) is 29.3. The highest BCUT2D eigenvalue weighted by atomic mass is 35.5. The number of nitriles is 1. The second-order valence-corrected chi connectivity index (χ2v) is 7.28. The fraction of sp³-hybridized carbons (Fsp3) is 0.381. The van der Waals surface area contributed by atoms with Crippen molar-refractivity contribution in [2.24, 2.45) is 5.92 Å². The second-order valence-electron chi connectivity index (χ2n) is 6.84. The molecule has 2 heterocycles. The van der Waals surface area contributed by atoms with Crippen LogP contribution in [-0.4, -0.2) is 41.2 Å². The van der Waals surface area contributed by atoms with Crippen LogP contribution < -0.4 is 0 Å². The van der Waals surface area contributed by atoms with Crippen LogP contribution in [0.5, 0.6) is 0 Å². The van der Waals surface area contributed by atoms with Crippen molar-refractivity contribution in [3.63, 3.8) is 0 Å². The number of rotatable bonds is 6. The maximum absolute atomic E-state index is 13.1. The Morgan fingerprint density at radius 1 is 1.29 bits per heavy atom. The van der Waals surface area contributed by atoms with Crippen molar-refractivity contribution in [2.75, 3.05) is 19.6 Å².